The van der Waals surface area contributed by atoms with Crippen LogP contribution >= 0.6 is 31.9 Å². The van der Waals surface area contributed by atoms with Gasteiger partial charge in [-0.25, -0.2) is 4.90 Å². The number of rotatable bonds is 1. The van der Waals surface area contributed by atoms with Crippen LogP contribution in [0.1, 0.15) is 6.42 Å². The molecule has 0 spiro atoms. The molecule has 1 saturated heterocycles. The SMILES string of the molecule is Nc1c(Br)cc(N2C(=O)[C@@H]3[C@H](C2=O)[C@@H]2C=C[C@@H]3C2)cc1Br. The fourth-order valence-corrected chi connectivity index (χ4v) is 5.02. The summed E-state index contributed by atoms with van der Waals surface area (Å²) in [7, 11) is 0. The number of nitrogens with two attached hydrogens (primary N) is 1. The number of hydrogen-bond acceptors (Lipinski definition) is 3. The largest absolute Gasteiger partial charge is 0.397 e. The second kappa shape index (κ2) is 4.43. The average Bonchev–Trinajstić information content (AvgIpc) is 3.10. The van der Waals surface area contributed by atoms with Gasteiger partial charge in [0.05, 0.1) is 23.2 Å². The summed E-state index contributed by atoms with van der Waals surface area (Å²) in [4.78, 5) is 26.7. The number of halogens is 2. The Morgan fingerprint density at radius 1 is 1.00 bits per heavy atom. The molecule has 4 atom stereocenters. The average molecular weight is 412 g/mol. The summed E-state index contributed by atoms with van der Waals surface area (Å²) in [5.74, 6) is -0.0646. The lowest BCUT2D eigenvalue weighted by molar-refractivity contribution is -0.123. The number of imide groups is 1. The molecule has 2 N–H and O–H groups in total. The van der Waals surface area contributed by atoms with Gasteiger partial charge < -0.3 is 5.73 Å². The van der Waals surface area contributed by atoms with E-state index in [1.165, 1.54) is 4.90 Å². The summed E-state index contributed by atoms with van der Waals surface area (Å²) < 4.78 is 1.34. The highest BCUT2D eigenvalue weighted by Crippen LogP contribution is 2.53. The lowest BCUT2D eigenvalue weighted by Gasteiger charge is -2.18. The van der Waals surface area contributed by atoms with Crippen molar-refractivity contribution in [1.29, 1.82) is 0 Å². The minimum absolute atomic E-state index is 0.0783. The van der Waals surface area contributed by atoms with Gasteiger partial charge in [0.15, 0.2) is 0 Å². The van der Waals surface area contributed by atoms with Gasteiger partial charge in [0.25, 0.3) is 0 Å². The lowest BCUT2D eigenvalue weighted by Crippen LogP contribution is -2.32. The molecule has 4 nitrogen and oxygen atoms in total. The van der Waals surface area contributed by atoms with Gasteiger partial charge in [0.2, 0.25) is 11.8 Å². The van der Waals surface area contributed by atoms with Crippen LogP contribution in [0.3, 0.4) is 0 Å². The number of fused-ring (bicyclic) bond motifs is 5. The van der Waals surface area contributed by atoms with Gasteiger partial charge in [-0.2, -0.15) is 0 Å². The summed E-state index contributed by atoms with van der Waals surface area (Å²) in [6, 6.07) is 3.46. The molecule has 3 aliphatic rings. The number of allylic oxidation sites excluding steroid dienone is 2. The third-order valence-electron chi connectivity index (χ3n) is 4.79. The molecule has 21 heavy (non-hydrogen) atoms. The predicted octanol–water partition coefficient (Wildman–Crippen LogP) is 3.11. The minimum Gasteiger partial charge on any atom is -0.397 e. The molecular weight excluding hydrogens is 400 g/mol. The fraction of sp³-hybridized carbons (Fsp3) is 0.333. The van der Waals surface area contributed by atoms with E-state index in [0.717, 1.165) is 6.42 Å². The normalized spacial score (nSPS) is 33.1. The van der Waals surface area contributed by atoms with E-state index < -0.39 is 0 Å². The summed E-state index contributed by atoms with van der Waals surface area (Å²) in [5, 5.41) is 0. The molecular formula is C15H12Br2N2O2. The van der Waals surface area contributed by atoms with E-state index in [1.807, 2.05) is 0 Å². The quantitative estimate of drug-likeness (QED) is 0.438. The standard InChI is InChI=1S/C15H12Br2N2O2/c16-9-4-8(5-10(17)13(9)18)19-14(20)11-6-1-2-7(3-6)12(11)15(19)21/h1-2,4-7,11-12H,3,18H2/t6-,7-,11-,12+/m1/s1. The summed E-state index contributed by atoms with van der Waals surface area (Å²) >= 11 is 6.73. The molecule has 1 aromatic carbocycles. The Balaban J connectivity index is 1.78. The molecule has 0 unspecified atom stereocenters. The van der Waals surface area contributed by atoms with Crippen LogP contribution in [0.4, 0.5) is 11.4 Å². The Morgan fingerprint density at radius 3 is 1.95 bits per heavy atom. The topological polar surface area (TPSA) is 63.4 Å². The minimum atomic E-state index is -0.178. The Labute approximate surface area is 138 Å². The molecule has 0 radical (unpaired) electrons. The van der Waals surface area contributed by atoms with Gasteiger partial charge in [-0.05, 0) is 62.2 Å². The third kappa shape index (κ3) is 1.72. The molecule has 6 heteroatoms. The summed E-state index contributed by atoms with van der Waals surface area (Å²) in [5.41, 5.74) is 7.00. The molecule has 2 amide bonds. The first-order valence-corrected chi connectivity index (χ1v) is 8.38. The molecule has 2 fully saturated rings. The first-order valence-electron chi connectivity index (χ1n) is 6.79. The Bertz CT molecular complexity index is 663. The summed E-state index contributed by atoms with van der Waals surface area (Å²) in [6.07, 6.45) is 5.13. The molecule has 1 saturated carbocycles. The molecule has 2 aliphatic carbocycles. The third-order valence-corrected chi connectivity index (χ3v) is 6.10. The van der Waals surface area contributed by atoms with Crippen molar-refractivity contribution in [1.82, 2.24) is 0 Å². The number of nitrogens with zero attached hydrogens (tertiary/aromatic N) is 1. The highest BCUT2D eigenvalue weighted by molar-refractivity contribution is 9.11. The monoisotopic (exact) mass is 410 g/mol. The zero-order valence-electron chi connectivity index (χ0n) is 10.9. The molecule has 1 aliphatic heterocycles. The Morgan fingerprint density at radius 2 is 1.48 bits per heavy atom. The van der Waals surface area contributed by atoms with Crippen molar-refractivity contribution in [2.24, 2.45) is 23.7 Å². The van der Waals surface area contributed by atoms with Crippen LogP contribution in [0.2, 0.25) is 0 Å². The van der Waals surface area contributed by atoms with E-state index in [-0.39, 0.29) is 35.5 Å². The first kappa shape index (κ1) is 13.5. The molecule has 1 heterocycles. The first-order chi connectivity index (χ1) is 9.99. The number of benzene rings is 1. The van der Waals surface area contributed by atoms with Crippen LogP contribution < -0.4 is 10.6 Å². The van der Waals surface area contributed by atoms with Crippen LogP contribution in [-0.2, 0) is 9.59 Å². The number of anilines is 2. The maximum Gasteiger partial charge on any atom is 0.238 e. The van der Waals surface area contributed by atoms with E-state index in [4.69, 9.17) is 5.73 Å². The van der Waals surface area contributed by atoms with Crippen molar-refractivity contribution in [3.63, 3.8) is 0 Å². The van der Waals surface area contributed by atoms with Gasteiger partial charge in [-0.3, -0.25) is 9.59 Å². The molecule has 0 aromatic heterocycles. The van der Waals surface area contributed by atoms with Crippen LogP contribution in [0.25, 0.3) is 0 Å². The number of carbonyl (C=O) groups is 2. The fourth-order valence-electron chi connectivity index (χ4n) is 3.86. The number of nitrogen functional groups attached to an aromatic ring is 1. The van der Waals surface area contributed by atoms with Crippen LogP contribution in [0, 0.1) is 23.7 Å². The van der Waals surface area contributed by atoms with Gasteiger partial charge in [0, 0.05) is 8.95 Å². The zero-order chi connectivity index (χ0) is 14.9. The predicted molar refractivity (Wildman–Crippen MR) is 86.5 cm³/mol. The molecule has 1 aromatic rings. The highest BCUT2D eigenvalue weighted by Gasteiger charge is 2.59. The van der Waals surface area contributed by atoms with E-state index in [1.54, 1.807) is 12.1 Å². The van der Waals surface area contributed by atoms with E-state index in [0.29, 0.717) is 20.3 Å². The van der Waals surface area contributed by atoms with E-state index in [2.05, 4.69) is 44.0 Å². The van der Waals surface area contributed by atoms with Crippen molar-refractivity contribution in [3.05, 3.63) is 33.2 Å². The van der Waals surface area contributed by atoms with Crippen LogP contribution in [0.5, 0.6) is 0 Å². The molecule has 2 bridgehead atoms. The highest BCUT2D eigenvalue weighted by atomic mass is 79.9. The summed E-state index contributed by atoms with van der Waals surface area (Å²) in [6.45, 7) is 0. The second-order valence-electron chi connectivity index (χ2n) is 5.83. The van der Waals surface area contributed by atoms with Crippen molar-refractivity contribution in [2.75, 3.05) is 10.6 Å². The van der Waals surface area contributed by atoms with Crippen molar-refractivity contribution < 1.29 is 9.59 Å². The van der Waals surface area contributed by atoms with Gasteiger partial charge >= 0.3 is 0 Å². The van der Waals surface area contributed by atoms with E-state index in [9.17, 15) is 9.59 Å². The lowest BCUT2D eigenvalue weighted by atomic mass is 9.85. The Kier molecular flexibility index (Phi) is 2.85. The van der Waals surface area contributed by atoms with Crippen molar-refractivity contribution in [2.45, 2.75) is 6.42 Å². The second-order valence-corrected chi connectivity index (χ2v) is 7.54. The van der Waals surface area contributed by atoms with Crippen molar-refractivity contribution in [3.8, 4) is 0 Å². The number of hydrogen-bond donors (Lipinski definition) is 1. The Hall–Kier alpha value is -1.14. The smallest absolute Gasteiger partial charge is 0.238 e. The maximum absolute atomic E-state index is 12.7. The number of carbonyl (C=O) groups excluding carboxylic acids is 2. The molecule has 4 rings (SSSR count). The van der Waals surface area contributed by atoms with Gasteiger partial charge in [-0.1, -0.05) is 12.2 Å². The van der Waals surface area contributed by atoms with E-state index >= 15 is 0 Å². The number of amides is 2. The van der Waals surface area contributed by atoms with Gasteiger partial charge in [-0.15, -0.1) is 0 Å². The van der Waals surface area contributed by atoms with Crippen LogP contribution in [0.15, 0.2) is 33.2 Å². The van der Waals surface area contributed by atoms with Crippen molar-refractivity contribution >= 4 is 55.0 Å². The van der Waals surface area contributed by atoms with Crippen LogP contribution in [-0.4, -0.2) is 11.8 Å². The zero-order valence-corrected chi connectivity index (χ0v) is 14.1. The molecule has 108 valence electrons. The van der Waals surface area contributed by atoms with Gasteiger partial charge in [0.1, 0.15) is 0 Å². The maximum atomic E-state index is 12.7.